The number of rotatable bonds is 6. The minimum atomic E-state index is -0.424. The van der Waals surface area contributed by atoms with Crippen molar-refractivity contribution < 1.29 is 19.1 Å². The molecule has 0 N–H and O–H groups in total. The molecule has 8 heteroatoms. The first-order chi connectivity index (χ1) is 13.9. The molecule has 150 valence electrons. The fourth-order valence-corrected chi connectivity index (χ4v) is 4.47. The molecule has 0 aromatic heterocycles. The van der Waals surface area contributed by atoms with Gasteiger partial charge in [-0.25, -0.2) is 0 Å². The smallest absolute Gasteiger partial charge is 0.308 e. The highest BCUT2D eigenvalue weighted by molar-refractivity contribution is 8.27. The first-order valence-electron chi connectivity index (χ1n) is 8.80. The number of thiocarbonyl (C=S) groups is 1. The lowest BCUT2D eigenvalue weighted by Crippen LogP contribution is -2.27. The molecule has 0 spiro atoms. The van der Waals surface area contributed by atoms with Crippen LogP contribution in [0.5, 0.6) is 11.5 Å². The Morgan fingerprint density at radius 3 is 2.72 bits per heavy atom. The minimum absolute atomic E-state index is 0.166. The second kappa shape index (κ2) is 9.47. The first-order valence-corrected chi connectivity index (χ1v) is 11.2. The highest BCUT2D eigenvalue weighted by Crippen LogP contribution is 2.38. The van der Waals surface area contributed by atoms with Crippen molar-refractivity contribution in [2.75, 3.05) is 17.8 Å². The number of carbonyl (C=O) groups excluding carboxylic acids is 2. The lowest BCUT2D eigenvalue weighted by atomic mass is 10.1. The molecule has 0 unspecified atom stereocenters. The Morgan fingerprint density at radius 1 is 1.24 bits per heavy atom. The van der Waals surface area contributed by atoms with Gasteiger partial charge in [-0.3, -0.25) is 14.5 Å². The number of hydrogen-bond acceptors (Lipinski definition) is 7. The molecular weight excluding hydrogens is 426 g/mol. The molecule has 0 saturated carbocycles. The lowest BCUT2D eigenvalue weighted by molar-refractivity contribution is -0.132. The van der Waals surface area contributed by atoms with Gasteiger partial charge in [-0.05, 0) is 55.2 Å². The van der Waals surface area contributed by atoms with Crippen LogP contribution in [0.1, 0.15) is 19.4 Å². The van der Waals surface area contributed by atoms with Gasteiger partial charge in [0.15, 0.2) is 15.8 Å². The van der Waals surface area contributed by atoms with E-state index < -0.39 is 5.97 Å². The fraction of sp³-hybridized carbons (Fsp3) is 0.190. The predicted molar refractivity (Wildman–Crippen MR) is 123 cm³/mol. The molecule has 1 aliphatic rings. The third-order valence-electron chi connectivity index (χ3n) is 3.92. The number of amides is 1. The van der Waals surface area contributed by atoms with Crippen molar-refractivity contribution in [1.29, 1.82) is 0 Å². The maximum atomic E-state index is 13.0. The molecule has 2 aromatic carbocycles. The van der Waals surface area contributed by atoms with Crippen molar-refractivity contribution in [1.82, 2.24) is 0 Å². The highest BCUT2D eigenvalue weighted by atomic mass is 32.2. The van der Waals surface area contributed by atoms with Gasteiger partial charge in [0.05, 0.1) is 17.2 Å². The molecule has 0 radical (unpaired) electrons. The zero-order valence-corrected chi connectivity index (χ0v) is 18.6. The molecule has 1 amide bonds. The molecule has 2 aromatic rings. The van der Waals surface area contributed by atoms with Gasteiger partial charge in [-0.15, -0.1) is 11.8 Å². The van der Waals surface area contributed by atoms with Crippen molar-refractivity contribution in [3.05, 3.63) is 52.9 Å². The molecular formula is C21H19NO4S3. The van der Waals surface area contributed by atoms with Crippen LogP contribution in [0.3, 0.4) is 0 Å². The van der Waals surface area contributed by atoms with Crippen molar-refractivity contribution in [3.63, 3.8) is 0 Å². The van der Waals surface area contributed by atoms with Crippen LogP contribution in [-0.4, -0.2) is 29.1 Å². The molecule has 0 bridgehead atoms. The highest BCUT2D eigenvalue weighted by Gasteiger charge is 2.33. The average molecular weight is 446 g/mol. The number of nitrogens with zero attached hydrogens (tertiary/aromatic N) is 1. The molecule has 1 aliphatic heterocycles. The Morgan fingerprint density at radius 2 is 2.03 bits per heavy atom. The van der Waals surface area contributed by atoms with Crippen LogP contribution in [-0.2, 0) is 9.59 Å². The third kappa shape index (κ3) is 5.01. The standard InChI is InChI=1S/C21H19NO4S3/c1-4-25-18-10-14(8-9-17(18)26-13(2)23)11-19-20(24)22(21(27)29-19)15-6-5-7-16(12-15)28-3/h5-12H,4H2,1-3H3/b19-11+. The summed E-state index contributed by atoms with van der Waals surface area (Å²) in [4.78, 5) is 27.4. The van der Waals surface area contributed by atoms with Gasteiger partial charge in [0.25, 0.3) is 5.91 Å². The van der Waals surface area contributed by atoms with Gasteiger partial charge < -0.3 is 9.47 Å². The van der Waals surface area contributed by atoms with Gasteiger partial charge >= 0.3 is 5.97 Å². The van der Waals surface area contributed by atoms with Gasteiger partial charge in [0, 0.05) is 11.8 Å². The summed E-state index contributed by atoms with van der Waals surface area (Å²) in [6, 6.07) is 12.9. The molecule has 1 saturated heterocycles. The molecule has 0 atom stereocenters. The summed E-state index contributed by atoms with van der Waals surface area (Å²) in [7, 11) is 0. The Kier molecular flexibility index (Phi) is 7.00. The SMILES string of the molecule is CCOc1cc(/C=C2/SC(=S)N(c3cccc(SC)c3)C2=O)ccc1OC(C)=O. The van der Waals surface area contributed by atoms with Gasteiger partial charge in [-0.2, -0.15) is 0 Å². The predicted octanol–water partition coefficient (Wildman–Crippen LogP) is 5.14. The number of thioether (sulfide) groups is 2. The second-order valence-corrected chi connectivity index (χ2v) is 8.51. The summed E-state index contributed by atoms with van der Waals surface area (Å²) in [5.41, 5.74) is 1.51. The summed E-state index contributed by atoms with van der Waals surface area (Å²) >= 11 is 8.31. The van der Waals surface area contributed by atoms with Gasteiger partial charge in [0.1, 0.15) is 0 Å². The summed E-state index contributed by atoms with van der Waals surface area (Å²) in [6.07, 6.45) is 3.75. The maximum absolute atomic E-state index is 13.0. The number of anilines is 1. The zero-order valence-electron chi connectivity index (χ0n) is 16.1. The van der Waals surface area contributed by atoms with E-state index in [0.717, 1.165) is 16.1 Å². The monoisotopic (exact) mass is 445 g/mol. The van der Waals surface area contributed by atoms with Crippen LogP contribution < -0.4 is 14.4 Å². The van der Waals surface area contributed by atoms with Crippen LogP contribution in [0.15, 0.2) is 52.3 Å². The number of hydrogen-bond donors (Lipinski definition) is 0. The van der Waals surface area contributed by atoms with Crippen LogP contribution in [0.4, 0.5) is 5.69 Å². The Bertz CT molecular complexity index is 1000. The molecule has 5 nitrogen and oxygen atoms in total. The lowest BCUT2D eigenvalue weighted by Gasteiger charge is -2.15. The van der Waals surface area contributed by atoms with Crippen molar-refractivity contribution >= 4 is 63.7 Å². The number of ether oxygens (including phenoxy) is 2. The number of benzene rings is 2. The topological polar surface area (TPSA) is 55.8 Å². The van der Waals surface area contributed by atoms with E-state index >= 15 is 0 Å². The van der Waals surface area contributed by atoms with E-state index in [2.05, 4.69) is 0 Å². The van der Waals surface area contributed by atoms with E-state index in [1.807, 2.05) is 37.4 Å². The van der Waals surface area contributed by atoms with E-state index in [-0.39, 0.29) is 5.91 Å². The molecule has 29 heavy (non-hydrogen) atoms. The molecule has 0 aliphatic carbocycles. The van der Waals surface area contributed by atoms with Gasteiger partial charge in [-0.1, -0.05) is 36.1 Å². The summed E-state index contributed by atoms with van der Waals surface area (Å²) in [6.45, 7) is 3.60. The zero-order chi connectivity index (χ0) is 21.0. The van der Waals surface area contributed by atoms with Crippen molar-refractivity contribution in [3.8, 4) is 11.5 Å². The quantitative estimate of drug-likeness (QED) is 0.201. The Labute approximate surface area is 183 Å². The maximum Gasteiger partial charge on any atom is 0.308 e. The van der Waals surface area contributed by atoms with Crippen molar-refractivity contribution in [2.24, 2.45) is 0 Å². The summed E-state index contributed by atoms with van der Waals surface area (Å²) in [5.74, 6) is 0.199. The van der Waals surface area contributed by atoms with Crippen molar-refractivity contribution in [2.45, 2.75) is 18.7 Å². The van der Waals surface area contributed by atoms with Gasteiger partial charge in [0.2, 0.25) is 0 Å². The normalized spacial score (nSPS) is 15.1. The number of esters is 1. The van der Waals surface area contributed by atoms with Crippen LogP contribution in [0, 0.1) is 0 Å². The summed E-state index contributed by atoms with van der Waals surface area (Å²) in [5, 5.41) is 0. The Hall–Kier alpha value is -2.29. The van der Waals surface area contributed by atoms with E-state index in [0.29, 0.717) is 27.3 Å². The van der Waals surface area contributed by atoms with E-state index in [1.165, 1.54) is 18.7 Å². The van der Waals surface area contributed by atoms with Crippen LogP contribution in [0.25, 0.3) is 6.08 Å². The third-order valence-corrected chi connectivity index (χ3v) is 5.95. The molecule has 1 heterocycles. The van der Waals surface area contributed by atoms with E-state index in [9.17, 15) is 9.59 Å². The minimum Gasteiger partial charge on any atom is -0.490 e. The largest absolute Gasteiger partial charge is 0.490 e. The molecule has 3 rings (SSSR count). The van der Waals surface area contributed by atoms with Crippen LogP contribution in [0.2, 0.25) is 0 Å². The average Bonchev–Trinajstić information content (AvgIpc) is 2.97. The van der Waals surface area contributed by atoms with Crippen LogP contribution >= 0.6 is 35.7 Å². The fourth-order valence-electron chi connectivity index (χ4n) is 2.71. The summed E-state index contributed by atoms with van der Waals surface area (Å²) < 4.78 is 11.2. The Balaban J connectivity index is 1.90. The second-order valence-electron chi connectivity index (χ2n) is 5.95. The molecule has 1 fully saturated rings. The van der Waals surface area contributed by atoms with E-state index in [1.54, 1.807) is 40.9 Å². The number of carbonyl (C=O) groups is 2. The first kappa shape index (κ1) is 21.4. The van der Waals surface area contributed by atoms with E-state index in [4.69, 9.17) is 21.7 Å².